The minimum atomic E-state index is 0.232. The molecule has 0 bridgehead atoms. The Balaban J connectivity index is 0.000000166. The first kappa shape index (κ1) is 80.6. The highest BCUT2D eigenvalue weighted by Crippen LogP contribution is 2.35. The number of aromatic hydroxyl groups is 4. The first-order valence-electron chi connectivity index (χ1n) is 35.8. The van der Waals surface area contributed by atoms with Crippen LogP contribution in [0, 0.1) is 125 Å². The molecular weight excluding hydrogens is 1280 g/mol. The van der Waals surface area contributed by atoms with Crippen molar-refractivity contribution in [1.82, 2.24) is 4.98 Å². The SMILES string of the molecule is Cc1cc(O)c(C)cc1O.Cc1ccc(-c2ccc(C)cc2)cc1.Cc1ccc(C)c2ccccc12.Cc1ccc(C)cc1.Cc1ccc(C)nc1.Cc1ccc(Oc2ccc(C)cc2)cc1.Cc1ccc2c(O)c(C)ccc2c1O.Cc1ccc2cc(C)ccc2c1.Cc1cccc2c(C)cccc12. The molecule has 0 aliphatic rings. The number of hydrogen-bond acceptors (Lipinski definition) is 6. The lowest BCUT2D eigenvalue weighted by Crippen LogP contribution is -1.84. The molecule has 6 nitrogen and oxygen atoms in total. The summed E-state index contributed by atoms with van der Waals surface area (Å²) in [5.41, 5.74) is 23.7. The van der Waals surface area contributed by atoms with Gasteiger partial charge in [0.15, 0.2) is 0 Å². The Morgan fingerprint density at radius 2 is 0.505 bits per heavy atom. The number of fused-ring (bicyclic) bond motifs is 4. The molecule has 0 amide bonds. The fourth-order valence-corrected chi connectivity index (χ4v) is 11.1. The number of phenols is 4. The fourth-order valence-electron chi connectivity index (χ4n) is 11.1. The maximum absolute atomic E-state index is 9.76. The Bertz CT molecular complexity index is 4800. The maximum Gasteiger partial charge on any atom is 0.127 e. The lowest BCUT2D eigenvalue weighted by atomic mass is 10.0. The van der Waals surface area contributed by atoms with Crippen molar-refractivity contribution in [3.05, 3.63) is 386 Å². The predicted molar refractivity (Wildman–Crippen MR) is 450 cm³/mol. The van der Waals surface area contributed by atoms with E-state index in [1.165, 1.54) is 116 Å². The van der Waals surface area contributed by atoms with Gasteiger partial charge in [-0.3, -0.25) is 4.98 Å². The Labute approximate surface area is 625 Å². The lowest BCUT2D eigenvalue weighted by Gasteiger charge is -2.07. The van der Waals surface area contributed by atoms with E-state index in [0.717, 1.165) is 28.3 Å². The number of pyridine rings is 1. The fraction of sp³-hybridized carbons (Fsp3) is 0.182. The first-order chi connectivity index (χ1) is 50.1. The third-order valence-electron chi connectivity index (χ3n) is 17.9. The Hall–Kier alpha value is -11.7. The van der Waals surface area contributed by atoms with Crippen LogP contribution in [0.2, 0.25) is 0 Å². The average molecular weight is 1390 g/mol. The highest BCUT2D eigenvalue weighted by Gasteiger charge is 2.09. The molecule has 0 aliphatic heterocycles. The Kier molecular flexibility index (Phi) is 30.4. The van der Waals surface area contributed by atoms with Crippen LogP contribution in [0.15, 0.2) is 285 Å². The number of phenolic OH excluding ortho intramolecular Hbond substituents is 4. The van der Waals surface area contributed by atoms with Gasteiger partial charge in [0.1, 0.15) is 34.5 Å². The summed E-state index contributed by atoms with van der Waals surface area (Å²) in [6.07, 6.45) is 1.87. The zero-order chi connectivity index (χ0) is 76.3. The van der Waals surface area contributed by atoms with Crippen molar-refractivity contribution in [3.8, 4) is 45.6 Å². The van der Waals surface area contributed by atoms with Crippen molar-refractivity contribution < 1.29 is 25.2 Å². The van der Waals surface area contributed by atoms with E-state index < -0.39 is 0 Å². The predicted octanol–water partition coefficient (Wildman–Crippen LogP) is 27.0. The highest BCUT2D eigenvalue weighted by atomic mass is 16.5. The zero-order valence-corrected chi connectivity index (χ0v) is 64.8. The van der Waals surface area contributed by atoms with Crippen LogP contribution < -0.4 is 4.74 Å². The summed E-state index contributed by atoms with van der Waals surface area (Å²) in [6, 6.07) is 95.2. The van der Waals surface area contributed by atoms with Gasteiger partial charge in [-0.25, -0.2) is 0 Å². The van der Waals surface area contributed by atoms with E-state index in [1.807, 2.05) is 101 Å². The quantitative estimate of drug-likeness (QED) is 0.131. The van der Waals surface area contributed by atoms with Crippen molar-refractivity contribution in [2.75, 3.05) is 0 Å². The van der Waals surface area contributed by atoms with Crippen LogP contribution in [0.5, 0.6) is 34.5 Å². The maximum atomic E-state index is 9.76. The Morgan fingerprint density at radius 1 is 0.219 bits per heavy atom. The van der Waals surface area contributed by atoms with Crippen LogP contribution in [-0.2, 0) is 0 Å². The molecule has 1 heterocycles. The van der Waals surface area contributed by atoms with Crippen LogP contribution in [0.1, 0.15) is 100 Å². The van der Waals surface area contributed by atoms with Crippen molar-refractivity contribution >= 4 is 43.1 Å². The van der Waals surface area contributed by atoms with Gasteiger partial charge >= 0.3 is 0 Å². The minimum Gasteiger partial charge on any atom is -0.508 e. The number of rotatable bonds is 3. The molecule has 14 aromatic carbocycles. The van der Waals surface area contributed by atoms with E-state index >= 15 is 0 Å². The molecule has 15 rings (SSSR count). The standard InChI is InChI=1S/C14H14O.C14H14.C12H12O2.3C12H12.C8H10O2.C8H10.C7H9N/c1-11-3-7-13(8-4-11)15-14-9-5-12(2)6-10-14;1-11-3-7-13(8-4-11)14-9-5-12(2)6-10-14;1-7-3-5-10-9(11(7)13)6-4-8(2)12(10)14;1-9-3-5-12-8-10(2)4-6-11(12)7-9;1-9-5-3-8-12-10(2)6-4-7-11(9)12;1-9-7-8-10(2)12-6-4-3-5-11(9)12;1-5-3-8(10)6(2)4-7(5)9;1-7-3-5-8(2)6-4-7;1-6-3-4-7(2)8-5-6/h3-10H,1-2H3;3-10H,1-2H3;3-6,13-14H,1-2H3;3*3-8H,1-2H3;3-4,9-10H,1-2H3;3-6H,1-2H3;3-5H,1-2H3. The van der Waals surface area contributed by atoms with Crippen LogP contribution in [0.25, 0.3) is 54.2 Å². The first-order valence-corrected chi connectivity index (χ1v) is 35.8. The topological polar surface area (TPSA) is 103 Å². The molecule has 4 N–H and O–H groups in total. The van der Waals surface area contributed by atoms with Gasteiger partial charge in [-0.15, -0.1) is 0 Å². The van der Waals surface area contributed by atoms with Crippen LogP contribution in [0.3, 0.4) is 0 Å². The number of nitrogens with zero attached hydrogens (tertiary/aromatic N) is 1. The molecule has 1 aromatic heterocycles. The molecule has 0 spiro atoms. The van der Waals surface area contributed by atoms with Gasteiger partial charge < -0.3 is 25.2 Å². The van der Waals surface area contributed by atoms with E-state index in [-0.39, 0.29) is 23.0 Å². The van der Waals surface area contributed by atoms with Crippen LogP contribution >= 0.6 is 0 Å². The van der Waals surface area contributed by atoms with Crippen molar-refractivity contribution in [1.29, 1.82) is 0 Å². The average Bonchev–Trinajstić information content (AvgIpc) is 0.810. The smallest absolute Gasteiger partial charge is 0.127 e. The van der Waals surface area contributed by atoms with E-state index in [1.54, 1.807) is 38.1 Å². The summed E-state index contributed by atoms with van der Waals surface area (Å²) in [7, 11) is 0. The molecule has 0 unspecified atom stereocenters. The normalized spacial score (nSPS) is 10.2. The number of ether oxygens (including phenoxy) is 1. The molecule has 6 heteroatoms. The molecule has 15 aromatic rings. The second-order valence-electron chi connectivity index (χ2n) is 27.4. The van der Waals surface area contributed by atoms with Crippen LogP contribution in [0.4, 0.5) is 0 Å². The molecule has 536 valence electrons. The summed E-state index contributed by atoms with van der Waals surface area (Å²) in [4.78, 5) is 4.08. The summed E-state index contributed by atoms with van der Waals surface area (Å²) >= 11 is 0. The summed E-state index contributed by atoms with van der Waals surface area (Å²) < 4.78 is 5.69. The molecule has 0 saturated carbocycles. The molecule has 0 aliphatic carbocycles. The summed E-state index contributed by atoms with van der Waals surface area (Å²) in [5, 5.41) is 47.3. The number of benzene rings is 14. The zero-order valence-electron chi connectivity index (χ0n) is 64.8. The van der Waals surface area contributed by atoms with Crippen molar-refractivity contribution in [2.24, 2.45) is 0 Å². The number of aromatic nitrogens is 1. The van der Waals surface area contributed by atoms with Crippen molar-refractivity contribution in [3.63, 3.8) is 0 Å². The molecule has 0 atom stereocenters. The monoisotopic (exact) mass is 1390 g/mol. The summed E-state index contributed by atoms with van der Waals surface area (Å²) in [6.45, 7) is 36.6. The minimum absolute atomic E-state index is 0.232. The van der Waals surface area contributed by atoms with Gasteiger partial charge in [0, 0.05) is 22.7 Å². The van der Waals surface area contributed by atoms with Crippen LogP contribution in [-0.4, -0.2) is 25.4 Å². The van der Waals surface area contributed by atoms with E-state index in [9.17, 15) is 10.2 Å². The second-order valence-corrected chi connectivity index (χ2v) is 27.4. The van der Waals surface area contributed by atoms with Crippen molar-refractivity contribution in [2.45, 2.75) is 125 Å². The van der Waals surface area contributed by atoms with Gasteiger partial charge in [-0.2, -0.15) is 0 Å². The molecule has 0 radical (unpaired) electrons. The van der Waals surface area contributed by atoms with Gasteiger partial charge in [0.05, 0.1) is 0 Å². The lowest BCUT2D eigenvalue weighted by molar-refractivity contribution is 0.453. The number of aryl methyl sites for hydroxylation is 18. The third kappa shape index (κ3) is 25.3. The molecule has 105 heavy (non-hydrogen) atoms. The van der Waals surface area contributed by atoms with E-state index in [4.69, 9.17) is 14.9 Å². The van der Waals surface area contributed by atoms with Gasteiger partial charge in [-0.1, -0.05) is 281 Å². The third-order valence-corrected chi connectivity index (χ3v) is 17.9. The largest absolute Gasteiger partial charge is 0.508 e. The van der Waals surface area contributed by atoms with Gasteiger partial charge in [0.2, 0.25) is 0 Å². The molecule has 0 saturated heterocycles. The molecule has 0 fully saturated rings. The molecular formula is C99H105NO5. The van der Waals surface area contributed by atoms with Gasteiger partial charge in [-0.05, 0) is 261 Å². The second kappa shape index (κ2) is 39.6. The van der Waals surface area contributed by atoms with E-state index in [2.05, 4.69) is 276 Å². The Morgan fingerprint density at radius 3 is 0.829 bits per heavy atom. The van der Waals surface area contributed by atoms with Gasteiger partial charge in [0.25, 0.3) is 0 Å². The summed E-state index contributed by atoms with van der Waals surface area (Å²) in [5.74, 6) is 2.72. The highest BCUT2D eigenvalue weighted by molar-refractivity contribution is 5.94. The van der Waals surface area contributed by atoms with E-state index in [0.29, 0.717) is 21.9 Å². The number of hydrogen-bond donors (Lipinski definition) is 4.